The number of aromatic hydroxyl groups is 2. The van der Waals surface area contributed by atoms with Crippen molar-refractivity contribution >= 4 is 5.97 Å². The van der Waals surface area contributed by atoms with Crippen molar-refractivity contribution in [3.8, 4) is 23.0 Å². The Bertz CT molecular complexity index is 979. The van der Waals surface area contributed by atoms with Crippen LogP contribution in [0.4, 0.5) is 0 Å². The molecule has 1 fully saturated rings. The SMILES string of the molecule is CC1C=C2C(=CC1)C(=O)OC21c2ccc(O)cc2Oc2cc(O)ccc21. The van der Waals surface area contributed by atoms with Crippen LogP contribution in [-0.4, -0.2) is 16.2 Å². The van der Waals surface area contributed by atoms with E-state index in [9.17, 15) is 15.0 Å². The molecule has 130 valence electrons. The van der Waals surface area contributed by atoms with Crippen molar-refractivity contribution in [3.63, 3.8) is 0 Å². The van der Waals surface area contributed by atoms with Crippen molar-refractivity contribution in [2.24, 2.45) is 5.92 Å². The predicted octanol–water partition coefficient (Wildman–Crippen LogP) is 3.90. The van der Waals surface area contributed by atoms with Crippen molar-refractivity contribution in [2.75, 3.05) is 0 Å². The average molecular weight is 348 g/mol. The lowest BCUT2D eigenvalue weighted by atomic mass is 9.74. The molecule has 5 nitrogen and oxygen atoms in total. The van der Waals surface area contributed by atoms with Gasteiger partial charge in [-0.1, -0.05) is 19.1 Å². The first kappa shape index (κ1) is 15.1. The molecule has 0 saturated carbocycles. The highest BCUT2D eigenvalue weighted by molar-refractivity contribution is 6.00. The van der Waals surface area contributed by atoms with E-state index >= 15 is 0 Å². The third-order valence-corrected chi connectivity index (χ3v) is 5.19. The predicted molar refractivity (Wildman–Crippen MR) is 93.1 cm³/mol. The van der Waals surface area contributed by atoms with Gasteiger partial charge >= 0.3 is 5.97 Å². The third-order valence-electron chi connectivity index (χ3n) is 5.19. The summed E-state index contributed by atoms with van der Waals surface area (Å²) in [6.07, 6.45) is 4.77. The molecule has 0 bridgehead atoms. The lowest BCUT2D eigenvalue weighted by Gasteiger charge is -2.37. The number of phenols is 2. The van der Waals surface area contributed by atoms with Crippen LogP contribution in [0, 0.1) is 5.92 Å². The summed E-state index contributed by atoms with van der Waals surface area (Å²) in [4.78, 5) is 12.7. The minimum Gasteiger partial charge on any atom is -0.508 e. The monoisotopic (exact) mass is 348 g/mol. The van der Waals surface area contributed by atoms with Gasteiger partial charge in [0.2, 0.25) is 0 Å². The summed E-state index contributed by atoms with van der Waals surface area (Å²) in [5.41, 5.74) is 1.55. The van der Waals surface area contributed by atoms with Gasteiger partial charge in [-0.3, -0.25) is 0 Å². The molecular formula is C21H16O5. The molecule has 0 amide bonds. The number of allylic oxidation sites excluding steroid dienone is 2. The Hall–Kier alpha value is -3.21. The first-order valence-electron chi connectivity index (χ1n) is 8.50. The maximum atomic E-state index is 12.7. The standard InChI is InChI=1S/C21H16O5/c1-11-2-5-14-17(8-11)21(26-20(14)24)15-6-3-12(22)9-18(15)25-19-10-13(23)4-7-16(19)21/h3-11,22-23H,2H2,1H3. The van der Waals surface area contributed by atoms with Crippen LogP contribution in [0.1, 0.15) is 24.5 Å². The van der Waals surface area contributed by atoms with Crippen molar-refractivity contribution < 1.29 is 24.5 Å². The van der Waals surface area contributed by atoms with E-state index in [2.05, 4.69) is 13.0 Å². The van der Waals surface area contributed by atoms with E-state index in [-0.39, 0.29) is 23.4 Å². The number of benzene rings is 2. The van der Waals surface area contributed by atoms with Crippen LogP contribution in [0.5, 0.6) is 23.0 Å². The fourth-order valence-corrected chi connectivity index (χ4v) is 4.04. The van der Waals surface area contributed by atoms with Crippen molar-refractivity contribution in [1.29, 1.82) is 0 Å². The highest BCUT2D eigenvalue weighted by atomic mass is 16.6. The number of rotatable bonds is 0. The molecule has 2 aliphatic heterocycles. The maximum absolute atomic E-state index is 12.7. The van der Waals surface area contributed by atoms with E-state index < -0.39 is 5.60 Å². The molecule has 1 atom stereocenters. The summed E-state index contributed by atoms with van der Waals surface area (Å²) < 4.78 is 11.9. The summed E-state index contributed by atoms with van der Waals surface area (Å²) in [5, 5.41) is 19.8. The van der Waals surface area contributed by atoms with Crippen LogP contribution in [0.3, 0.4) is 0 Å². The summed E-state index contributed by atoms with van der Waals surface area (Å²) in [5.74, 6) is 0.793. The minimum atomic E-state index is -1.14. The molecule has 3 aliphatic rings. The van der Waals surface area contributed by atoms with Gasteiger partial charge < -0.3 is 19.7 Å². The van der Waals surface area contributed by atoms with Crippen molar-refractivity contribution in [1.82, 2.24) is 0 Å². The number of hydrogen-bond donors (Lipinski definition) is 2. The topological polar surface area (TPSA) is 76.0 Å². The van der Waals surface area contributed by atoms with Gasteiger partial charge in [0, 0.05) is 28.8 Å². The summed E-state index contributed by atoms with van der Waals surface area (Å²) >= 11 is 0. The zero-order valence-corrected chi connectivity index (χ0v) is 14.0. The van der Waals surface area contributed by atoms with Gasteiger partial charge in [-0.15, -0.1) is 0 Å². The first-order chi connectivity index (χ1) is 12.5. The maximum Gasteiger partial charge on any atom is 0.339 e. The summed E-state index contributed by atoms with van der Waals surface area (Å²) in [6.45, 7) is 2.09. The molecule has 1 aliphatic carbocycles. The van der Waals surface area contributed by atoms with E-state index in [0.29, 0.717) is 28.2 Å². The van der Waals surface area contributed by atoms with Gasteiger partial charge in [-0.2, -0.15) is 0 Å². The van der Waals surface area contributed by atoms with Crippen LogP contribution in [-0.2, 0) is 15.1 Å². The Balaban J connectivity index is 1.87. The molecule has 1 unspecified atom stereocenters. The van der Waals surface area contributed by atoms with Crippen molar-refractivity contribution in [2.45, 2.75) is 18.9 Å². The summed E-state index contributed by atoms with van der Waals surface area (Å²) in [7, 11) is 0. The molecule has 0 aromatic heterocycles. The molecule has 26 heavy (non-hydrogen) atoms. The second-order valence-corrected chi connectivity index (χ2v) is 6.94. The van der Waals surface area contributed by atoms with E-state index in [1.165, 1.54) is 12.1 Å². The Kier molecular flexibility index (Phi) is 2.85. The smallest absolute Gasteiger partial charge is 0.339 e. The van der Waals surface area contributed by atoms with Gasteiger partial charge in [0.25, 0.3) is 0 Å². The molecule has 2 aromatic rings. The molecule has 1 spiro atoms. The van der Waals surface area contributed by atoms with E-state index in [4.69, 9.17) is 9.47 Å². The Morgan fingerprint density at radius 1 is 1.04 bits per heavy atom. The zero-order chi connectivity index (χ0) is 18.1. The molecule has 5 rings (SSSR count). The number of carbonyl (C=O) groups is 1. The van der Waals surface area contributed by atoms with Gasteiger partial charge in [0.15, 0.2) is 5.60 Å². The third kappa shape index (κ3) is 1.83. The van der Waals surface area contributed by atoms with Crippen LogP contribution in [0.2, 0.25) is 0 Å². The Morgan fingerprint density at radius 3 is 2.27 bits per heavy atom. The molecular weight excluding hydrogens is 332 g/mol. The Labute approximate surface area is 149 Å². The molecule has 2 aromatic carbocycles. The first-order valence-corrected chi connectivity index (χ1v) is 8.50. The lowest BCUT2D eigenvalue weighted by molar-refractivity contribution is -0.143. The number of carbonyl (C=O) groups excluding carboxylic acids is 1. The number of esters is 1. The molecule has 2 N–H and O–H groups in total. The quantitative estimate of drug-likeness (QED) is 0.706. The second-order valence-electron chi connectivity index (χ2n) is 6.94. The zero-order valence-electron chi connectivity index (χ0n) is 14.0. The molecule has 0 radical (unpaired) electrons. The number of hydrogen-bond acceptors (Lipinski definition) is 5. The largest absolute Gasteiger partial charge is 0.508 e. The number of ether oxygens (including phenoxy) is 2. The minimum absolute atomic E-state index is 0.0496. The van der Waals surface area contributed by atoms with Crippen molar-refractivity contribution in [3.05, 3.63) is 70.8 Å². The Morgan fingerprint density at radius 2 is 1.65 bits per heavy atom. The number of phenolic OH excluding ortho intramolecular Hbond substituents is 2. The van der Waals surface area contributed by atoms with Crippen LogP contribution >= 0.6 is 0 Å². The summed E-state index contributed by atoms with van der Waals surface area (Å²) in [6, 6.07) is 9.53. The van der Waals surface area contributed by atoms with Gasteiger partial charge in [-0.25, -0.2) is 4.79 Å². The fraction of sp³-hybridized carbons (Fsp3) is 0.190. The lowest BCUT2D eigenvalue weighted by Crippen LogP contribution is -2.33. The van der Waals surface area contributed by atoms with Crippen LogP contribution in [0.15, 0.2) is 59.7 Å². The highest BCUT2D eigenvalue weighted by Crippen LogP contribution is 2.59. The van der Waals surface area contributed by atoms with E-state index in [0.717, 1.165) is 12.0 Å². The second kappa shape index (κ2) is 4.91. The van der Waals surface area contributed by atoms with E-state index in [1.807, 2.05) is 6.08 Å². The van der Waals surface area contributed by atoms with Gasteiger partial charge in [-0.05, 0) is 36.6 Å². The fourth-order valence-electron chi connectivity index (χ4n) is 4.04. The average Bonchev–Trinajstić information content (AvgIpc) is 2.87. The number of fused-ring (bicyclic) bond motifs is 6. The van der Waals surface area contributed by atoms with Crippen LogP contribution in [0.25, 0.3) is 0 Å². The van der Waals surface area contributed by atoms with Crippen LogP contribution < -0.4 is 4.74 Å². The van der Waals surface area contributed by atoms with Gasteiger partial charge in [0.05, 0.1) is 5.57 Å². The normalized spacial score (nSPS) is 21.7. The molecule has 2 heterocycles. The molecule has 1 saturated heterocycles. The van der Waals surface area contributed by atoms with Gasteiger partial charge in [0.1, 0.15) is 23.0 Å². The van der Waals surface area contributed by atoms with E-state index in [1.54, 1.807) is 24.3 Å². The molecule has 5 heteroatoms. The highest BCUT2D eigenvalue weighted by Gasteiger charge is 2.56.